The molecule has 1 aliphatic carbocycles. The fourth-order valence-corrected chi connectivity index (χ4v) is 3.37. The molecule has 0 bridgehead atoms. The van der Waals surface area contributed by atoms with Gasteiger partial charge in [0.05, 0.1) is 0 Å². The molecule has 19 heavy (non-hydrogen) atoms. The van der Waals surface area contributed by atoms with Gasteiger partial charge in [0.25, 0.3) is 0 Å². The van der Waals surface area contributed by atoms with Gasteiger partial charge in [-0.3, -0.25) is 0 Å². The Bertz CT molecular complexity index is 248. The molecule has 0 aromatic carbocycles. The summed E-state index contributed by atoms with van der Waals surface area (Å²) in [6, 6.07) is 0.635. The van der Waals surface area contributed by atoms with Crippen LogP contribution in [0.4, 0.5) is 0 Å². The van der Waals surface area contributed by atoms with Gasteiger partial charge in [-0.1, -0.05) is 40.5 Å². The van der Waals surface area contributed by atoms with E-state index in [-0.39, 0.29) is 0 Å². The van der Waals surface area contributed by atoms with Crippen LogP contribution in [0.5, 0.6) is 0 Å². The van der Waals surface area contributed by atoms with Crippen LogP contribution in [0.25, 0.3) is 0 Å². The topological polar surface area (TPSA) is 15.3 Å². The number of hydrogen-bond acceptors (Lipinski definition) is 2. The van der Waals surface area contributed by atoms with Crippen molar-refractivity contribution in [2.24, 2.45) is 10.8 Å². The molecule has 0 spiro atoms. The predicted octanol–water partition coefficient (Wildman–Crippen LogP) is 3.91. The highest BCUT2D eigenvalue weighted by atomic mass is 15.1. The van der Waals surface area contributed by atoms with E-state index in [1.165, 1.54) is 51.7 Å². The van der Waals surface area contributed by atoms with E-state index in [4.69, 9.17) is 0 Å². The van der Waals surface area contributed by atoms with Gasteiger partial charge in [0, 0.05) is 19.1 Å². The fourth-order valence-electron chi connectivity index (χ4n) is 3.37. The lowest BCUT2D eigenvalue weighted by atomic mass is 9.82. The van der Waals surface area contributed by atoms with Gasteiger partial charge in [-0.25, -0.2) is 0 Å². The molecule has 114 valence electrons. The van der Waals surface area contributed by atoms with E-state index >= 15 is 0 Å². The molecule has 0 saturated heterocycles. The number of rotatable bonds is 7. The molecule has 0 radical (unpaired) electrons. The minimum absolute atomic E-state index is 0.366. The lowest BCUT2D eigenvalue weighted by Gasteiger charge is -2.41. The van der Waals surface area contributed by atoms with Crippen LogP contribution in [0.2, 0.25) is 0 Å². The molecular weight excluding hydrogens is 232 g/mol. The number of hydrogen-bond donors (Lipinski definition) is 1. The van der Waals surface area contributed by atoms with E-state index in [2.05, 4.69) is 51.9 Å². The Kier molecular flexibility index (Phi) is 6.32. The molecule has 1 aliphatic rings. The molecule has 1 unspecified atom stereocenters. The zero-order valence-corrected chi connectivity index (χ0v) is 14.2. The van der Waals surface area contributed by atoms with Gasteiger partial charge in [0.15, 0.2) is 0 Å². The lowest BCUT2D eigenvalue weighted by molar-refractivity contribution is 0.0849. The normalized spacial score (nSPS) is 21.0. The van der Waals surface area contributed by atoms with Gasteiger partial charge >= 0.3 is 0 Å². The molecule has 0 heterocycles. The van der Waals surface area contributed by atoms with Crippen LogP contribution in [0.1, 0.15) is 66.7 Å². The quantitative estimate of drug-likeness (QED) is 0.704. The predicted molar refractivity (Wildman–Crippen MR) is 85.6 cm³/mol. The molecule has 1 fully saturated rings. The zero-order valence-electron chi connectivity index (χ0n) is 14.2. The first-order valence-electron chi connectivity index (χ1n) is 8.22. The van der Waals surface area contributed by atoms with Gasteiger partial charge in [0.2, 0.25) is 0 Å². The van der Waals surface area contributed by atoms with Gasteiger partial charge in [-0.2, -0.15) is 0 Å². The van der Waals surface area contributed by atoms with Gasteiger partial charge < -0.3 is 10.2 Å². The summed E-state index contributed by atoms with van der Waals surface area (Å²) in [6.07, 6.45) is 6.90. The summed E-state index contributed by atoms with van der Waals surface area (Å²) in [5.74, 6) is 0. The van der Waals surface area contributed by atoms with Crippen molar-refractivity contribution in [3.63, 3.8) is 0 Å². The van der Waals surface area contributed by atoms with Crippen molar-refractivity contribution in [1.29, 1.82) is 0 Å². The Morgan fingerprint density at radius 3 is 2.26 bits per heavy atom. The summed E-state index contributed by atoms with van der Waals surface area (Å²) in [6.45, 7) is 15.3. The highest BCUT2D eigenvalue weighted by Gasteiger charge is 2.36. The second-order valence-electron chi connectivity index (χ2n) is 7.84. The van der Waals surface area contributed by atoms with E-state index in [0.29, 0.717) is 16.9 Å². The maximum Gasteiger partial charge on any atom is 0.0113 e. The van der Waals surface area contributed by atoms with Crippen molar-refractivity contribution in [2.45, 2.75) is 72.8 Å². The second-order valence-corrected chi connectivity index (χ2v) is 7.84. The minimum Gasteiger partial charge on any atom is -0.316 e. The lowest BCUT2D eigenvalue weighted by Crippen LogP contribution is -2.47. The number of nitrogens with zero attached hydrogens (tertiary/aromatic N) is 1. The third-order valence-electron chi connectivity index (χ3n) is 5.09. The Balaban J connectivity index is 2.57. The van der Waals surface area contributed by atoms with Crippen LogP contribution < -0.4 is 5.32 Å². The minimum atomic E-state index is 0.366. The van der Waals surface area contributed by atoms with Crippen LogP contribution >= 0.6 is 0 Å². The summed E-state index contributed by atoms with van der Waals surface area (Å²) >= 11 is 0. The summed E-state index contributed by atoms with van der Waals surface area (Å²) in [4.78, 5) is 2.60. The fraction of sp³-hybridized carbons (Fsp3) is 1.00. The standard InChI is InChI=1S/C17H36N2/c1-7-12-18-13-17(10-8-9-11-17)14-19(6)15(2)16(3,4)5/h15,18H,7-14H2,1-6H3. The average Bonchev–Trinajstić information content (AvgIpc) is 2.76. The number of nitrogens with one attached hydrogen (secondary N) is 1. The molecule has 1 atom stereocenters. The van der Waals surface area contributed by atoms with E-state index < -0.39 is 0 Å². The van der Waals surface area contributed by atoms with Gasteiger partial charge in [-0.05, 0) is 50.6 Å². The first kappa shape index (κ1) is 17.0. The first-order chi connectivity index (χ1) is 8.81. The molecule has 0 aromatic rings. The smallest absolute Gasteiger partial charge is 0.0113 e. The Hall–Kier alpha value is -0.0800. The molecule has 2 nitrogen and oxygen atoms in total. The summed E-state index contributed by atoms with van der Waals surface area (Å²) in [5.41, 5.74) is 0.898. The van der Waals surface area contributed by atoms with E-state index in [1.54, 1.807) is 0 Å². The molecule has 0 aliphatic heterocycles. The van der Waals surface area contributed by atoms with Crippen LogP contribution in [0.3, 0.4) is 0 Å². The summed E-state index contributed by atoms with van der Waals surface area (Å²) in [5, 5.41) is 3.67. The third-order valence-corrected chi connectivity index (χ3v) is 5.09. The second kappa shape index (κ2) is 7.08. The van der Waals surface area contributed by atoms with Crippen LogP contribution in [-0.4, -0.2) is 37.6 Å². The van der Waals surface area contributed by atoms with Crippen molar-refractivity contribution in [3.8, 4) is 0 Å². The molecule has 0 aromatic heterocycles. The monoisotopic (exact) mass is 268 g/mol. The highest BCUT2D eigenvalue weighted by molar-refractivity contribution is 4.91. The zero-order chi connectivity index (χ0) is 14.5. The van der Waals surface area contributed by atoms with Crippen LogP contribution in [-0.2, 0) is 0 Å². The van der Waals surface area contributed by atoms with Crippen molar-refractivity contribution in [1.82, 2.24) is 10.2 Å². The Morgan fingerprint density at radius 1 is 1.21 bits per heavy atom. The van der Waals surface area contributed by atoms with Gasteiger partial charge in [-0.15, -0.1) is 0 Å². The largest absolute Gasteiger partial charge is 0.316 e. The average molecular weight is 268 g/mol. The molecule has 0 amide bonds. The summed E-state index contributed by atoms with van der Waals surface area (Å²) < 4.78 is 0. The molecule has 1 N–H and O–H groups in total. The van der Waals surface area contributed by atoms with Crippen LogP contribution in [0, 0.1) is 10.8 Å². The molecule has 1 saturated carbocycles. The third kappa shape index (κ3) is 5.07. The van der Waals surface area contributed by atoms with Crippen molar-refractivity contribution >= 4 is 0 Å². The van der Waals surface area contributed by atoms with E-state index in [1.807, 2.05) is 0 Å². The van der Waals surface area contributed by atoms with Crippen molar-refractivity contribution < 1.29 is 0 Å². The molecule has 1 rings (SSSR count). The summed E-state index contributed by atoms with van der Waals surface area (Å²) in [7, 11) is 2.32. The molecule has 2 heteroatoms. The van der Waals surface area contributed by atoms with E-state index in [0.717, 1.165) is 0 Å². The van der Waals surface area contributed by atoms with E-state index in [9.17, 15) is 0 Å². The SMILES string of the molecule is CCCNCC1(CN(C)C(C)C(C)(C)C)CCCC1. The van der Waals surface area contributed by atoms with Crippen LogP contribution in [0.15, 0.2) is 0 Å². The van der Waals surface area contributed by atoms with Crippen molar-refractivity contribution in [3.05, 3.63) is 0 Å². The first-order valence-corrected chi connectivity index (χ1v) is 8.22. The van der Waals surface area contributed by atoms with Gasteiger partial charge in [0.1, 0.15) is 0 Å². The Labute approximate surface area is 121 Å². The highest BCUT2D eigenvalue weighted by Crippen LogP contribution is 2.39. The maximum atomic E-state index is 3.67. The maximum absolute atomic E-state index is 3.67. The Morgan fingerprint density at radius 2 is 1.79 bits per heavy atom. The molecular formula is C17H36N2. The van der Waals surface area contributed by atoms with Crippen molar-refractivity contribution in [2.75, 3.05) is 26.7 Å².